The Labute approximate surface area is 146 Å². The van der Waals surface area contributed by atoms with E-state index in [4.69, 9.17) is 10.5 Å². The van der Waals surface area contributed by atoms with E-state index in [1.165, 1.54) is 18.4 Å². The average Bonchev–Trinajstić information content (AvgIpc) is 3.43. The van der Waals surface area contributed by atoms with Gasteiger partial charge in [-0.3, -0.25) is 9.89 Å². The van der Waals surface area contributed by atoms with E-state index in [0.717, 1.165) is 37.8 Å². The van der Waals surface area contributed by atoms with Crippen LogP contribution < -0.4 is 11.1 Å². The maximum atomic E-state index is 6.00. The van der Waals surface area contributed by atoms with Gasteiger partial charge in [-0.05, 0) is 42.9 Å². The molecule has 1 fully saturated rings. The van der Waals surface area contributed by atoms with Crippen LogP contribution in [-0.2, 0) is 4.74 Å². The van der Waals surface area contributed by atoms with Crippen LogP contribution in [0.4, 0.5) is 5.69 Å². The Balaban J connectivity index is 1.78. The Bertz CT molecular complexity index is 511. The molecule has 1 aliphatic rings. The second-order valence-electron chi connectivity index (χ2n) is 6.58. The highest BCUT2D eigenvalue weighted by Gasteiger charge is 2.27. The normalized spacial score (nSPS) is 16.4. The van der Waals surface area contributed by atoms with Crippen LogP contribution in [0.5, 0.6) is 0 Å². The highest BCUT2D eigenvalue weighted by molar-refractivity contribution is 5.92. The lowest BCUT2D eigenvalue weighted by Crippen LogP contribution is -2.33. The fourth-order valence-corrected chi connectivity index (χ4v) is 2.74. The van der Waals surface area contributed by atoms with E-state index in [9.17, 15) is 0 Å². The van der Waals surface area contributed by atoms with Gasteiger partial charge in [-0.1, -0.05) is 26.0 Å². The topological polar surface area (TPSA) is 62.9 Å². The van der Waals surface area contributed by atoms with Gasteiger partial charge in [-0.15, -0.1) is 0 Å². The zero-order chi connectivity index (χ0) is 17.4. The predicted octanol–water partition coefficient (Wildman–Crippen LogP) is 3.04. The van der Waals surface area contributed by atoms with Crippen LogP contribution in [0.1, 0.15) is 44.6 Å². The molecule has 1 aromatic rings. The van der Waals surface area contributed by atoms with Crippen LogP contribution in [0, 0.1) is 0 Å². The summed E-state index contributed by atoms with van der Waals surface area (Å²) >= 11 is 0. The van der Waals surface area contributed by atoms with E-state index in [-0.39, 0.29) is 0 Å². The summed E-state index contributed by atoms with van der Waals surface area (Å²) in [6.45, 7) is 7.84. The number of hydrogen-bond acceptors (Lipinski definition) is 3. The third-order valence-electron chi connectivity index (χ3n) is 4.68. The summed E-state index contributed by atoms with van der Waals surface area (Å²) in [7, 11) is 1.75. The number of nitrogens with zero attached hydrogens (tertiary/aromatic N) is 2. The van der Waals surface area contributed by atoms with Crippen LogP contribution in [0.3, 0.4) is 0 Å². The molecule has 1 saturated carbocycles. The summed E-state index contributed by atoms with van der Waals surface area (Å²) in [5.41, 5.74) is 8.35. The molecule has 0 radical (unpaired) electrons. The number of nitrogens with one attached hydrogen (secondary N) is 1. The number of ether oxygens (including phenoxy) is 1. The quantitative estimate of drug-likeness (QED) is 0.511. The first-order valence-corrected chi connectivity index (χ1v) is 9.04. The van der Waals surface area contributed by atoms with Gasteiger partial charge in [-0.25, -0.2) is 0 Å². The van der Waals surface area contributed by atoms with Crippen molar-refractivity contribution in [2.45, 2.75) is 45.1 Å². The molecule has 1 atom stereocenters. The number of anilines is 1. The molecule has 0 spiro atoms. The van der Waals surface area contributed by atoms with E-state index in [1.54, 1.807) is 7.11 Å². The lowest BCUT2D eigenvalue weighted by atomic mass is 9.99. The van der Waals surface area contributed by atoms with E-state index in [2.05, 4.69) is 53.3 Å². The number of nitrogens with two attached hydrogens (primary N) is 1. The molecule has 1 aliphatic carbocycles. The van der Waals surface area contributed by atoms with Gasteiger partial charge in [-0.2, -0.15) is 0 Å². The lowest BCUT2D eigenvalue weighted by Gasteiger charge is -2.20. The average molecular weight is 332 g/mol. The van der Waals surface area contributed by atoms with Gasteiger partial charge in [0.2, 0.25) is 0 Å². The molecule has 2 rings (SSSR count). The molecule has 5 heteroatoms. The number of hydrogen-bond donors (Lipinski definition) is 2. The SMILES string of the molecule is CCC(C)c1ccc(NC(N)=NCCN(CCOC)C2CC2)cc1. The van der Waals surface area contributed by atoms with E-state index < -0.39 is 0 Å². The number of methoxy groups -OCH3 is 1. The van der Waals surface area contributed by atoms with Crippen molar-refractivity contribution in [1.29, 1.82) is 0 Å². The zero-order valence-electron chi connectivity index (χ0n) is 15.3. The van der Waals surface area contributed by atoms with Crippen molar-refractivity contribution < 1.29 is 4.74 Å². The molecule has 0 aromatic heterocycles. The second kappa shape index (κ2) is 9.64. The Hall–Kier alpha value is -1.59. The van der Waals surface area contributed by atoms with Gasteiger partial charge in [0.1, 0.15) is 0 Å². The van der Waals surface area contributed by atoms with Crippen LogP contribution in [-0.4, -0.2) is 50.3 Å². The van der Waals surface area contributed by atoms with Gasteiger partial charge < -0.3 is 15.8 Å². The Morgan fingerprint density at radius 1 is 1.33 bits per heavy atom. The van der Waals surface area contributed by atoms with Gasteiger partial charge >= 0.3 is 0 Å². The molecule has 0 saturated heterocycles. The Kier molecular flexibility index (Phi) is 7.53. The van der Waals surface area contributed by atoms with E-state index in [0.29, 0.717) is 18.4 Å². The zero-order valence-corrected chi connectivity index (χ0v) is 15.3. The highest BCUT2D eigenvalue weighted by Crippen LogP contribution is 2.26. The maximum Gasteiger partial charge on any atom is 0.193 e. The molecular formula is C19H32N4O. The largest absolute Gasteiger partial charge is 0.383 e. The molecule has 0 amide bonds. The van der Waals surface area contributed by atoms with Crippen LogP contribution in [0.15, 0.2) is 29.3 Å². The van der Waals surface area contributed by atoms with E-state index >= 15 is 0 Å². The van der Waals surface area contributed by atoms with Crippen molar-refractivity contribution in [2.75, 3.05) is 38.7 Å². The molecule has 3 N–H and O–H groups in total. The van der Waals surface area contributed by atoms with Crippen LogP contribution >= 0.6 is 0 Å². The van der Waals surface area contributed by atoms with Gasteiger partial charge in [0, 0.05) is 31.9 Å². The van der Waals surface area contributed by atoms with Crippen molar-refractivity contribution in [1.82, 2.24) is 4.90 Å². The molecule has 1 aromatic carbocycles. The predicted molar refractivity (Wildman–Crippen MR) is 102 cm³/mol. The molecular weight excluding hydrogens is 300 g/mol. The molecule has 0 bridgehead atoms. The van der Waals surface area contributed by atoms with Crippen molar-refractivity contribution >= 4 is 11.6 Å². The minimum absolute atomic E-state index is 0.480. The third-order valence-corrected chi connectivity index (χ3v) is 4.68. The minimum Gasteiger partial charge on any atom is -0.383 e. The molecule has 0 aliphatic heterocycles. The van der Waals surface area contributed by atoms with Crippen molar-refractivity contribution in [3.05, 3.63) is 29.8 Å². The lowest BCUT2D eigenvalue weighted by molar-refractivity contribution is 0.145. The molecule has 134 valence electrons. The fraction of sp³-hybridized carbons (Fsp3) is 0.632. The summed E-state index contributed by atoms with van der Waals surface area (Å²) in [4.78, 5) is 6.90. The smallest absolute Gasteiger partial charge is 0.193 e. The van der Waals surface area contributed by atoms with Crippen LogP contribution in [0.25, 0.3) is 0 Å². The van der Waals surface area contributed by atoms with Gasteiger partial charge in [0.25, 0.3) is 0 Å². The Morgan fingerprint density at radius 2 is 2.04 bits per heavy atom. The summed E-state index contributed by atoms with van der Waals surface area (Å²) < 4.78 is 5.18. The second-order valence-corrected chi connectivity index (χ2v) is 6.58. The fourth-order valence-electron chi connectivity index (χ4n) is 2.74. The highest BCUT2D eigenvalue weighted by atomic mass is 16.5. The minimum atomic E-state index is 0.480. The monoisotopic (exact) mass is 332 g/mol. The summed E-state index contributed by atoms with van der Waals surface area (Å²) in [5, 5.41) is 3.17. The number of aliphatic imine (C=N–C) groups is 1. The van der Waals surface area contributed by atoms with Crippen molar-refractivity contribution in [3.63, 3.8) is 0 Å². The van der Waals surface area contributed by atoms with Gasteiger partial charge in [0.15, 0.2) is 5.96 Å². The number of benzene rings is 1. The summed E-state index contributed by atoms with van der Waals surface area (Å²) in [6.07, 6.45) is 3.74. The van der Waals surface area contributed by atoms with Crippen molar-refractivity contribution in [2.24, 2.45) is 10.7 Å². The van der Waals surface area contributed by atoms with Crippen molar-refractivity contribution in [3.8, 4) is 0 Å². The summed E-state index contributed by atoms with van der Waals surface area (Å²) in [6, 6.07) is 9.17. The number of rotatable bonds is 10. The third kappa shape index (κ3) is 6.13. The first kappa shape index (κ1) is 18.7. The van der Waals surface area contributed by atoms with Gasteiger partial charge in [0.05, 0.1) is 13.2 Å². The molecule has 5 nitrogen and oxygen atoms in total. The first-order valence-electron chi connectivity index (χ1n) is 9.04. The number of guanidine groups is 1. The molecule has 24 heavy (non-hydrogen) atoms. The Morgan fingerprint density at radius 3 is 2.62 bits per heavy atom. The first-order chi connectivity index (χ1) is 11.6. The summed E-state index contributed by atoms with van der Waals surface area (Å²) in [5.74, 6) is 1.07. The van der Waals surface area contributed by atoms with Crippen LogP contribution in [0.2, 0.25) is 0 Å². The maximum absolute atomic E-state index is 6.00. The molecule has 1 unspecified atom stereocenters. The van der Waals surface area contributed by atoms with E-state index in [1.807, 2.05) is 0 Å². The standard InChI is InChI=1S/C19H32N4O/c1-4-15(2)16-5-7-17(8-6-16)22-19(20)21-11-12-23(13-14-24-3)18-9-10-18/h5-8,15,18H,4,9-14H2,1-3H3,(H3,20,21,22). The molecule has 0 heterocycles.